The highest BCUT2D eigenvalue weighted by molar-refractivity contribution is 5.46. The van der Waals surface area contributed by atoms with Crippen LogP contribution in [0.4, 0.5) is 11.5 Å². The van der Waals surface area contributed by atoms with Crippen molar-refractivity contribution in [1.82, 2.24) is 4.98 Å². The molecule has 0 fully saturated rings. The van der Waals surface area contributed by atoms with Crippen LogP contribution in [0.5, 0.6) is 0 Å². The summed E-state index contributed by atoms with van der Waals surface area (Å²) in [6.45, 7) is 2.84. The first-order valence-corrected chi connectivity index (χ1v) is 5.25. The number of hydrogen-bond donors (Lipinski definition) is 2. The molecule has 0 aliphatic carbocycles. The lowest BCUT2D eigenvalue weighted by Gasteiger charge is -2.07. The lowest BCUT2D eigenvalue weighted by atomic mass is 10.2. The Morgan fingerprint density at radius 1 is 1.25 bits per heavy atom. The maximum absolute atomic E-state index is 5.52. The molecule has 3 heteroatoms. The second-order valence-electron chi connectivity index (χ2n) is 3.81. The lowest BCUT2D eigenvalue weighted by Crippen LogP contribution is -2.00. The van der Waals surface area contributed by atoms with Crippen molar-refractivity contribution >= 4 is 11.5 Å². The summed E-state index contributed by atoms with van der Waals surface area (Å²) in [5, 5.41) is 3.34. The van der Waals surface area contributed by atoms with Crippen LogP contribution >= 0.6 is 0 Å². The standard InChI is InChI=1S/C13H15N3/c1-10-3-2-4-12(7-10)15-8-11-5-6-13(14)16-9-11/h2-7,9,15H,8H2,1H3,(H2,14,16). The molecular weight excluding hydrogens is 198 g/mol. The van der Waals surface area contributed by atoms with Crippen molar-refractivity contribution in [1.29, 1.82) is 0 Å². The molecule has 2 aromatic rings. The summed E-state index contributed by atoms with van der Waals surface area (Å²) in [6, 6.07) is 12.1. The van der Waals surface area contributed by atoms with Crippen LogP contribution in [0, 0.1) is 6.92 Å². The predicted molar refractivity (Wildman–Crippen MR) is 67.2 cm³/mol. The highest BCUT2D eigenvalue weighted by atomic mass is 14.9. The summed E-state index contributed by atoms with van der Waals surface area (Å²) in [7, 11) is 0. The first-order chi connectivity index (χ1) is 7.74. The van der Waals surface area contributed by atoms with Crippen molar-refractivity contribution in [3.05, 3.63) is 53.7 Å². The van der Waals surface area contributed by atoms with Crippen molar-refractivity contribution in [3.63, 3.8) is 0 Å². The minimum absolute atomic E-state index is 0.555. The molecule has 0 aliphatic heterocycles. The average Bonchev–Trinajstić information content (AvgIpc) is 2.28. The monoisotopic (exact) mass is 213 g/mol. The zero-order chi connectivity index (χ0) is 11.4. The quantitative estimate of drug-likeness (QED) is 0.824. The molecular formula is C13H15N3. The molecule has 0 radical (unpaired) electrons. The van der Waals surface area contributed by atoms with Gasteiger partial charge < -0.3 is 11.1 Å². The van der Waals surface area contributed by atoms with E-state index in [9.17, 15) is 0 Å². The third-order valence-electron chi connectivity index (χ3n) is 2.36. The van der Waals surface area contributed by atoms with E-state index in [1.165, 1.54) is 5.56 Å². The van der Waals surface area contributed by atoms with E-state index in [0.717, 1.165) is 17.8 Å². The normalized spacial score (nSPS) is 10.1. The number of pyridine rings is 1. The molecule has 2 rings (SSSR count). The molecule has 0 aliphatic rings. The van der Waals surface area contributed by atoms with E-state index in [2.05, 4.69) is 35.4 Å². The Morgan fingerprint density at radius 3 is 2.81 bits per heavy atom. The molecule has 3 N–H and O–H groups in total. The van der Waals surface area contributed by atoms with Gasteiger partial charge in [-0.3, -0.25) is 0 Å². The third kappa shape index (κ3) is 2.73. The van der Waals surface area contributed by atoms with Crippen molar-refractivity contribution in [2.24, 2.45) is 0 Å². The number of hydrogen-bond acceptors (Lipinski definition) is 3. The summed E-state index contributed by atoms with van der Waals surface area (Å²) in [5.74, 6) is 0.555. The molecule has 1 heterocycles. The number of anilines is 2. The van der Waals surface area contributed by atoms with Crippen LogP contribution in [-0.4, -0.2) is 4.98 Å². The zero-order valence-electron chi connectivity index (χ0n) is 9.27. The fourth-order valence-corrected chi connectivity index (χ4v) is 1.50. The topological polar surface area (TPSA) is 50.9 Å². The van der Waals surface area contributed by atoms with Gasteiger partial charge in [-0.2, -0.15) is 0 Å². The Morgan fingerprint density at radius 2 is 2.12 bits per heavy atom. The number of nitrogens with zero attached hydrogens (tertiary/aromatic N) is 1. The van der Waals surface area contributed by atoms with Gasteiger partial charge >= 0.3 is 0 Å². The van der Waals surface area contributed by atoms with Crippen LogP contribution in [0.3, 0.4) is 0 Å². The predicted octanol–water partition coefficient (Wildman–Crippen LogP) is 2.58. The highest BCUT2D eigenvalue weighted by Gasteiger charge is 1.95. The van der Waals surface area contributed by atoms with Gasteiger partial charge in [-0.05, 0) is 36.2 Å². The van der Waals surface area contributed by atoms with Crippen LogP contribution in [0.1, 0.15) is 11.1 Å². The minimum Gasteiger partial charge on any atom is -0.384 e. The van der Waals surface area contributed by atoms with Gasteiger partial charge in [0, 0.05) is 18.4 Å². The Bertz CT molecular complexity index is 463. The Labute approximate surface area is 95.3 Å². The fraction of sp³-hybridized carbons (Fsp3) is 0.154. The summed E-state index contributed by atoms with van der Waals surface area (Å²) < 4.78 is 0. The van der Waals surface area contributed by atoms with Gasteiger partial charge in [-0.25, -0.2) is 4.98 Å². The number of nitrogens with one attached hydrogen (secondary N) is 1. The van der Waals surface area contributed by atoms with Crippen molar-refractivity contribution in [2.75, 3.05) is 11.1 Å². The van der Waals surface area contributed by atoms with Crippen LogP contribution in [0.15, 0.2) is 42.6 Å². The summed E-state index contributed by atoms with van der Waals surface area (Å²) in [5.41, 5.74) is 9.02. The number of benzene rings is 1. The molecule has 0 saturated carbocycles. The van der Waals surface area contributed by atoms with Crippen LogP contribution < -0.4 is 11.1 Å². The SMILES string of the molecule is Cc1cccc(NCc2ccc(N)nc2)c1. The van der Waals surface area contributed by atoms with E-state index in [4.69, 9.17) is 5.73 Å². The molecule has 1 aromatic carbocycles. The molecule has 0 bridgehead atoms. The maximum Gasteiger partial charge on any atom is 0.123 e. The smallest absolute Gasteiger partial charge is 0.123 e. The van der Waals surface area contributed by atoms with E-state index in [-0.39, 0.29) is 0 Å². The van der Waals surface area contributed by atoms with Crippen molar-refractivity contribution in [3.8, 4) is 0 Å². The second-order valence-corrected chi connectivity index (χ2v) is 3.81. The molecule has 0 saturated heterocycles. The van der Waals surface area contributed by atoms with Gasteiger partial charge in [0.05, 0.1) is 0 Å². The first kappa shape index (κ1) is 10.5. The zero-order valence-corrected chi connectivity index (χ0v) is 9.27. The van der Waals surface area contributed by atoms with Crippen LogP contribution in [-0.2, 0) is 6.54 Å². The van der Waals surface area contributed by atoms with Gasteiger partial charge in [0.1, 0.15) is 5.82 Å². The first-order valence-electron chi connectivity index (χ1n) is 5.25. The second kappa shape index (κ2) is 4.66. The number of rotatable bonds is 3. The molecule has 0 unspecified atom stereocenters. The lowest BCUT2D eigenvalue weighted by molar-refractivity contribution is 1.11. The molecule has 82 valence electrons. The Kier molecular flexibility index (Phi) is 3.05. The molecule has 0 amide bonds. The van der Waals surface area contributed by atoms with Gasteiger partial charge in [0.15, 0.2) is 0 Å². The van der Waals surface area contributed by atoms with Gasteiger partial charge in [0.25, 0.3) is 0 Å². The largest absolute Gasteiger partial charge is 0.384 e. The summed E-state index contributed by atoms with van der Waals surface area (Å²) in [4.78, 5) is 4.05. The third-order valence-corrected chi connectivity index (χ3v) is 2.36. The van der Waals surface area contributed by atoms with Crippen molar-refractivity contribution < 1.29 is 0 Å². The number of nitrogens with two attached hydrogens (primary N) is 1. The van der Waals surface area contributed by atoms with E-state index >= 15 is 0 Å². The fourth-order valence-electron chi connectivity index (χ4n) is 1.50. The number of aromatic nitrogens is 1. The molecule has 3 nitrogen and oxygen atoms in total. The Balaban J connectivity index is 1.99. The van der Waals surface area contributed by atoms with E-state index in [1.807, 2.05) is 18.2 Å². The van der Waals surface area contributed by atoms with Gasteiger partial charge in [0.2, 0.25) is 0 Å². The summed E-state index contributed by atoms with van der Waals surface area (Å²) >= 11 is 0. The maximum atomic E-state index is 5.52. The van der Waals surface area contributed by atoms with Gasteiger partial charge in [-0.1, -0.05) is 18.2 Å². The summed E-state index contributed by atoms with van der Waals surface area (Å²) in [6.07, 6.45) is 1.79. The molecule has 0 spiro atoms. The van der Waals surface area contributed by atoms with Crippen LogP contribution in [0.2, 0.25) is 0 Å². The van der Waals surface area contributed by atoms with Gasteiger partial charge in [-0.15, -0.1) is 0 Å². The highest BCUT2D eigenvalue weighted by Crippen LogP contribution is 2.11. The molecule has 0 atom stereocenters. The number of nitrogen functional groups attached to an aromatic ring is 1. The van der Waals surface area contributed by atoms with Crippen LogP contribution in [0.25, 0.3) is 0 Å². The average molecular weight is 213 g/mol. The minimum atomic E-state index is 0.555. The Hall–Kier alpha value is -2.03. The number of aryl methyl sites for hydroxylation is 1. The molecule has 16 heavy (non-hydrogen) atoms. The van der Waals surface area contributed by atoms with E-state index < -0.39 is 0 Å². The molecule has 1 aromatic heterocycles. The van der Waals surface area contributed by atoms with E-state index in [0.29, 0.717) is 5.82 Å². The van der Waals surface area contributed by atoms with Crippen molar-refractivity contribution in [2.45, 2.75) is 13.5 Å². The van der Waals surface area contributed by atoms with E-state index in [1.54, 1.807) is 6.20 Å².